The van der Waals surface area contributed by atoms with Crippen molar-refractivity contribution < 1.29 is 19.4 Å². The number of hydrogen-bond donors (Lipinski definition) is 2. The van der Waals surface area contributed by atoms with E-state index in [0.717, 1.165) is 65.7 Å². The van der Waals surface area contributed by atoms with Gasteiger partial charge in [0.05, 0.1) is 11.4 Å². The Balaban J connectivity index is 0.000000364. The number of esters is 1. The molecular formula is C43H64ClN5O4. The molecule has 0 aliphatic carbocycles. The minimum atomic E-state index is -0.798. The fourth-order valence-corrected chi connectivity index (χ4v) is 6.16. The normalized spacial score (nSPS) is 12.5. The van der Waals surface area contributed by atoms with Gasteiger partial charge in [0.2, 0.25) is 0 Å². The van der Waals surface area contributed by atoms with Crippen LogP contribution in [0.4, 0.5) is 0 Å². The smallest absolute Gasteiger partial charge is 0.306 e. The second kappa shape index (κ2) is 21.1. The summed E-state index contributed by atoms with van der Waals surface area (Å²) < 4.78 is 9.81. The van der Waals surface area contributed by atoms with Crippen LogP contribution in [-0.4, -0.2) is 47.8 Å². The number of halogens is 1. The van der Waals surface area contributed by atoms with Crippen LogP contribution >= 0.6 is 12.4 Å². The van der Waals surface area contributed by atoms with Crippen LogP contribution in [0.2, 0.25) is 0 Å². The first kappa shape index (κ1) is 45.2. The molecule has 53 heavy (non-hydrogen) atoms. The minimum absolute atomic E-state index is 0. The summed E-state index contributed by atoms with van der Waals surface area (Å²) >= 11 is 0. The highest BCUT2D eigenvalue weighted by atomic mass is 35.5. The molecule has 0 radical (unpaired) electrons. The monoisotopic (exact) mass is 749 g/mol. The summed E-state index contributed by atoms with van der Waals surface area (Å²) in [6.45, 7) is 22.7. The molecule has 10 heteroatoms. The standard InChI is InChI=1S/C24H36N2O2.C19H27N3O2.ClH/c1-8-26-16-21(25-23(26)17(2)3)20-12-10-19(11-13-20)15-18(4)9-14-22(27)28-24(5,6)7;1-4-22-12-17(21-19(22)13(2)3)15-7-5-14(6-8-15)11-16(20)9-10-18(23)24;/h10-13,16-18H,8-9,14-15H2,1-7H3;5-8,12-13,16H,4,9-11,20H2,1-3H3,(H,23,24);1H/t18-;16-;/m11./s1. The highest BCUT2D eigenvalue weighted by molar-refractivity contribution is 5.85. The lowest BCUT2D eigenvalue weighted by molar-refractivity contribution is -0.155. The van der Waals surface area contributed by atoms with Gasteiger partial charge < -0.3 is 24.7 Å². The van der Waals surface area contributed by atoms with Crippen LogP contribution in [-0.2, 0) is 40.3 Å². The molecule has 0 amide bonds. The molecule has 4 rings (SSSR count). The molecule has 0 aliphatic rings. The average molecular weight is 750 g/mol. The molecule has 9 nitrogen and oxygen atoms in total. The SMILES string of the molecule is CCn1cc(-c2ccc(C[C@H](C)CCC(=O)OC(C)(C)C)cc2)nc1C(C)C.CCn1cc(-c2ccc(C[C@H](N)CCC(=O)O)cc2)nc1C(C)C.Cl. The van der Waals surface area contributed by atoms with Crippen LogP contribution in [0.3, 0.4) is 0 Å². The number of rotatable bonds is 16. The number of imidazole rings is 2. The molecule has 2 heterocycles. The van der Waals surface area contributed by atoms with Crippen molar-refractivity contribution in [3.63, 3.8) is 0 Å². The zero-order valence-corrected chi connectivity index (χ0v) is 34.5. The molecule has 0 saturated heterocycles. The summed E-state index contributed by atoms with van der Waals surface area (Å²) in [6, 6.07) is 16.8. The third-order valence-electron chi connectivity index (χ3n) is 8.90. The van der Waals surface area contributed by atoms with E-state index in [4.69, 9.17) is 25.5 Å². The first-order valence-corrected chi connectivity index (χ1v) is 19.0. The van der Waals surface area contributed by atoms with Gasteiger partial charge in [0, 0.05) is 67.3 Å². The van der Waals surface area contributed by atoms with Crippen molar-refractivity contribution in [1.82, 2.24) is 19.1 Å². The zero-order chi connectivity index (χ0) is 38.6. The Morgan fingerprint density at radius 1 is 0.736 bits per heavy atom. The predicted molar refractivity (Wildman–Crippen MR) is 219 cm³/mol. The summed E-state index contributed by atoms with van der Waals surface area (Å²) in [4.78, 5) is 32.1. The van der Waals surface area contributed by atoms with Crippen LogP contribution in [0.5, 0.6) is 0 Å². The third-order valence-corrected chi connectivity index (χ3v) is 8.90. The molecule has 0 fully saturated rings. The van der Waals surface area contributed by atoms with Gasteiger partial charge >= 0.3 is 11.9 Å². The maximum atomic E-state index is 11.9. The van der Waals surface area contributed by atoms with E-state index in [0.29, 0.717) is 37.0 Å². The molecule has 292 valence electrons. The van der Waals surface area contributed by atoms with Crippen molar-refractivity contribution in [3.05, 3.63) is 83.7 Å². The van der Waals surface area contributed by atoms with Gasteiger partial charge in [0.15, 0.2) is 0 Å². The van der Waals surface area contributed by atoms with E-state index in [1.54, 1.807) is 0 Å². The molecule has 3 N–H and O–H groups in total. The van der Waals surface area contributed by atoms with Gasteiger partial charge in [0.25, 0.3) is 0 Å². The number of carboxylic acids is 1. The molecule has 0 aliphatic heterocycles. The molecule has 4 aromatic rings. The van der Waals surface area contributed by atoms with E-state index in [1.165, 1.54) is 5.56 Å². The number of benzene rings is 2. The molecule has 0 saturated carbocycles. The third kappa shape index (κ3) is 14.8. The second-order valence-electron chi connectivity index (χ2n) is 15.6. The molecule has 0 spiro atoms. The van der Waals surface area contributed by atoms with Crippen LogP contribution in [0.15, 0.2) is 60.9 Å². The van der Waals surface area contributed by atoms with Crippen molar-refractivity contribution >= 4 is 24.3 Å². The van der Waals surface area contributed by atoms with E-state index in [1.807, 2.05) is 20.8 Å². The predicted octanol–water partition coefficient (Wildman–Crippen LogP) is 9.84. The fourth-order valence-electron chi connectivity index (χ4n) is 6.16. The molecule has 2 atom stereocenters. The molecule has 2 aromatic heterocycles. The summed E-state index contributed by atoms with van der Waals surface area (Å²) in [5, 5.41) is 8.71. The molecule has 0 bridgehead atoms. The van der Waals surface area contributed by atoms with Crippen molar-refractivity contribution in [1.29, 1.82) is 0 Å². The first-order valence-electron chi connectivity index (χ1n) is 19.0. The van der Waals surface area contributed by atoms with Gasteiger partial charge in [-0.25, -0.2) is 9.97 Å². The van der Waals surface area contributed by atoms with E-state index in [9.17, 15) is 9.59 Å². The van der Waals surface area contributed by atoms with Crippen LogP contribution < -0.4 is 5.73 Å². The number of ether oxygens (including phenoxy) is 1. The average Bonchev–Trinajstić information content (AvgIpc) is 3.72. The number of nitrogens with zero attached hydrogens (tertiary/aromatic N) is 4. The van der Waals surface area contributed by atoms with E-state index in [2.05, 4.69) is 119 Å². The Labute approximate surface area is 324 Å². The minimum Gasteiger partial charge on any atom is -0.481 e. The van der Waals surface area contributed by atoms with Crippen LogP contribution in [0, 0.1) is 5.92 Å². The second-order valence-corrected chi connectivity index (χ2v) is 15.6. The van der Waals surface area contributed by atoms with Gasteiger partial charge in [-0.15, -0.1) is 12.4 Å². The fraction of sp³-hybridized carbons (Fsp3) is 0.535. The number of carbonyl (C=O) groups excluding carboxylic acids is 1. The van der Waals surface area contributed by atoms with Gasteiger partial charge in [0.1, 0.15) is 17.2 Å². The zero-order valence-electron chi connectivity index (χ0n) is 33.7. The van der Waals surface area contributed by atoms with Gasteiger partial charge in [-0.1, -0.05) is 83.1 Å². The summed E-state index contributed by atoms with van der Waals surface area (Å²) in [5.74, 6) is 2.58. The number of nitrogens with two attached hydrogens (primary N) is 1. The van der Waals surface area contributed by atoms with Crippen molar-refractivity contribution in [3.8, 4) is 22.5 Å². The number of aliphatic carboxylic acids is 1. The lowest BCUT2D eigenvalue weighted by atomic mass is 9.96. The lowest BCUT2D eigenvalue weighted by Crippen LogP contribution is -2.24. The number of hydrogen-bond acceptors (Lipinski definition) is 6. The maximum Gasteiger partial charge on any atom is 0.306 e. The van der Waals surface area contributed by atoms with Gasteiger partial charge in [-0.3, -0.25) is 9.59 Å². The van der Waals surface area contributed by atoms with E-state index in [-0.39, 0.29) is 30.8 Å². The highest BCUT2D eigenvalue weighted by Gasteiger charge is 2.18. The van der Waals surface area contributed by atoms with Gasteiger partial charge in [-0.05, 0) is 77.3 Å². The first-order chi connectivity index (χ1) is 24.5. The Morgan fingerprint density at radius 2 is 1.17 bits per heavy atom. The van der Waals surface area contributed by atoms with Crippen molar-refractivity contribution in [2.24, 2.45) is 11.7 Å². The van der Waals surface area contributed by atoms with Crippen LogP contribution in [0.1, 0.15) is 130 Å². The number of aromatic nitrogens is 4. The Morgan fingerprint density at radius 3 is 1.53 bits per heavy atom. The molecule has 0 unspecified atom stereocenters. The highest BCUT2D eigenvalue weighted by Crippen LogP contribution is 2.25. The largest absolute Gasteiger partial charge is 0.481 e. The number of carbonyl (C=O) groups is 2. The number of aryl methyl sites for hydroxylation is 2. The lowest BCUT2D eigenvalue weighted by Gasteiger charge is -2.20. The van der Waals surface area contributed by atoms with E-state index >= 15 is 0 Å². The Kier molecular flexibility index (Phi) is 18.0. The van der Waals surface area contributed by atoms with Crippen molar-refractivity contribution in [2.45, 2.75) is 144 Å². The summed E-state index contributed by atoms with van der Waals surface area (Å²) in [6.07, 6.45) is 7.83. The van der Waals surface area contributed by atoms with E-state index < -0.39 is 11.6 Å². The summed E-state index contributed by atoms with van der Waals surface area (Å²) in [7, 11) is 0. The molecule has 2 aromatic carbocycles. The maximum absolute atomic E-state index is 11.9. The van der Waals surface area contributed by atoms with Crippen LogP contribution in [0.25, 0.3) is 22.5 Å². The quantitative estimate of drug-likeness (QED) is 0.109. The summed E-state index contributed by atoms with van der Waals surface area (Å²) in [5.41, 5.74) is 12.3. The Bertz CT molecular complexity index is 1700. The number of carboxylic acid groups (broad SMARTS) is 1. The van der Waals surface area contributed by atoms with Crippen molar-refractivity contribution in [2.75, 3.05) is 0 Å². The van der Waals surface area contributed by atoms with Gasteiger partial charge in [-0.2, -0.15) is 0 Å². The topological polar surface area (TPSA) is 125 Å². The Hall–Kier alpha value is -3.95. The molecular weight excluding hydrogens is 686 g/mol.